The first kappa shape index (κ1) is 10.5. The van der Waals surface area contributed by atoms with Gasteiger partial charge in [-0.2, -0.15) is 5.10 Å². The van der Waals surface area contributed by atoms with Crippen molar-refractivity contribution in [2.24, 2.45) is 5.41 Å². The lowest BCUT2D eigenvalue weighted by Gasteiger charge is -2.19. The van der Waals surface area contributed by atoms with Gasteiger partial charge in [0.05, 0.1) is 0 Å². The van der Waals surface area contributed by atoms with Gasteiger partial charge in [0, 0.05) is 22.5 Å². The molecule has 72 valence electrons. The van der Waals surface area contributed by atoms with Crippen molar-refractivity contribution in [1.29, 1.82) is 0 Å². The highest BCUT2D eigenvalue weighted by Crippen LogP contribution is 2.30. The standard InChI is InChI=1S/C8H11Cl2N3/c1-8(2,4-9)7(10)3-13-6-11-5-12-13/h3,5-6H,4H2,1-2H3. The van der Waals surface area contributed by atoms with Crippen LogP contribution in [0.25, 0.3) is 6.20 Å². The Bertz CT molecular complexity index is 290. The van der Waals surface area contributed by atoms with E-state index in [9.17, 15) is 0 Å². The maximum Gasteiger partial charge on any atom is 0.138 e. The van der Waals surface area contributed by atoms with Crippen molar-refractivity contribution in [3.05, 3.63) is 17.7 Å². The van der Waals surface area contributed by atoms with Crippen LogP contribution in [0.15, 0.2) is 17.7 Å². The van der Waals surface area contributed by atoms with Crippen LogP contribution < -0.4 is 0 Å². The van der Waals surface area contributed by atoms with Crippen LogP contribution in [0.2, 0.25) is 0 Å². The molecule has 0 bridgehead atoms. The largest absolute Gasteiger partial charge is 0.227 e. The van der Waals surface area contributed by atoms with E-state index in [2.05, 4.69) is 10.1 Å². The zero-order valence-corrected chi connectivity index (χ0v) is 9.05. The minimum atomic E-state index is -0.227. The van der Waals surface area contributed by atoms with E-state index in [4.69, 9.17) is 23.2 Å². The van der Waals surface area contributed by atoms with E-state index in [-0.39, 0.29) is 5.41 Å². The molecule has 1 rings (SSSR count). The molecule has 0 aliphatic rings. The highest BCUT2D eigenvalue weighted by atomic mass is 35.5. The molecule has 13 heavy (non-hydrogen) atoms. The number of alkyl halides is 1. The number of hydrogen-bond donors (Lipinski definition) is 0. The van der Waals surface area contributed by atoms with Crippen molar-refractivity contribution in [1.82, 2.24) is 14.8 Å². The highest BCUT2D eigenvalue weighted by Gasteiger charge is 2.20. The molecule has 0 saturated carbocycles. The third-order valence-corrected chi connectivity index (χ3v) is 2.94. The van der Waals surface area contributed by atoms with E-state index < -0.39 is 0 Å². The molecule has 0 saturated heterocycles. The molecule has 0 aromatic carbocycles. The molecule has 1 aromatic rings. The number of rotatable bonds is 3. The van der Waals surface area contributed by atoms with Crippen molar-refractivity contribution in [3.63, 3.8) is 0 Å². The van der Waals surface area contributed by atoms with Gasteiger partial charge in [-0.05, 0) is 0 Å². The van der Waals surface area contributed by atoms with Gasteiger partial charge in [-0.25, -0.2) is 9.67 Å². The Kier molecular flexibility index (Phi) is 3.33. The second-order valence-corrected chi connectivity index (χ2v) is 4.04. The van der Waals surface area contributed by atoms with Crippen LogP contribution in [-0.4, -0.2) is 20.6 Å². The fourth-order valence-corrected chi connectivity index (χ4v) is 1.02. The summed E-state index contributed by atoms with van der Waals surface area (Å²) in [5.41, 5.74) is -0.227. The van der Waals surface area contributed by atoms with E-state index in [1.807, 2.05) is 13.8 Å². The fourth-order valence-electron chi connectivity index (χ4n) is 0.639. The lowest BCUT2D eigenvalue weighted by molar-refractivity contribution is 0.539. The van der Waals surface area contributed by atoms with Crippen molar-refractivity contribution in [2.45, 2.75) is 13.8 Å². The molecule has 0 fully saturated rings. The Balaban J connectivity index is 2.84. The number of hydrogen-bond acceptors (Lipinski definition) is 2. The molecule has 0 amide bonds. The molecular formula is C8H11Cl2N3. The summed E-state index contributed by atoms with van der Waals surface area (Å²) in [6, 6.07) is 0. The zero-order chi connectivity index (χ0) is 9.90. The second-order valence-electron chi connectivity index (χ2n) is 3.37. The normalized spacial score (nSPS) is 13.4. The molecule has 0 N–H and O–H groups in total. The number of nitrogens with zero attached hydrogens (tertiary/aromatic N) is 3. The Hall–Kier alpha value is -0.540. The average molecular weight is 220 g/mol. The first-order valence-corrected chi connectivity index (χ1v) is 4.75. The van der Waals surface area contributed by atoms with E-state index >= 15 is 0 Å². The smallest absolute Gasteiger partial charge is 0.138 e. The zero-order valence-electron chi connectivity index (χ0n) is 7.54. The van der Waals surface area contributed by atoms with Gasteiger partial charge in [0.2, 0.25) is 0 Å². The first-order valence-electron chi connectivity index (χ1n) is 3.84. The Morgan fingerprint density at radius 2 is 2.31 bits per heavy atom. The number of aromatic nitrogens is 3. The number of halogens is 2. The number of allylic oxidation sites excluding steroid dienone is 1. The molecule has 1 aromatic heterocycles. The quantitative estimate of drug-likeness (QED) is 0.733. The Morgan fingerprint density at radius 1 is 1.62 bits per heavy atom. The van der Waals surface area contributed by atoms with Gasteiger partial charge in [0.1, 0.15) is 12.7 Å². The van der Waals surface area contributed by atoms with E-state index in [0.29, 0.717) is 10.9 Å². The van der Waals surface area contributed by atoms with Gasteiger partial charge in [-0.15, -0.1) is 11.6 Å². The summed E-state index contributed by atoms with van der Waals surface area (Å²) >= 11 is 11.8. The van der Waals surface area contributed by atoms with Gasteiger partial charge in [0.25, 0.3) is 0 Å². The van der Waals surface area contributed by atoms with Crippen LogP contribution in [0.4, 0.5) is 0 Å². The summed E-state index contributed by atoms with van der Waals surface area (Å²) in [6.45, 7) is 3.94. The first-order chi connectivity index (χ1) is 6.06. The van der Waals surface area contributed by atoms with Crippen LogP contribution in [0.3, 0.4) is 0 Å². The molecule has 0 atom stereocenters. The molecule has 0 spiro atoms. The van der Waals surface area contributed by atoms with Crippen LogP contribution in [-0.2, 0) is 0 Å². The molecule has 0 unspecified atom stereocenters. The van der Waals surface area contributed by atoms with Crippen molar-refractivity contribution in [3.8, 4) is 0 Å². The molecule has 5 heteroatoms. The topological polar surface area (TPSA) is 30.7 Å². The van der Waals surface area contributed by atoms with Gasteiger partial charge in [-0.3, -0.25) is 0 Å². The molecule has 0 aliphatic heterocycles. The summed E-state index contributed by atoms with van der Waals surface area (Å²) in [6.07, 6.45) is 4.73. The Labute approximate surface area is 87.4 Å². The summed E-state index contributed by atoms with van der Waals surface area (Å²) in [5.74, 6) is 0.469. The van der Waals surface area contributed by atoms with Crippen LogP contribution in [0.5, 0.6) is 0 Å². The predicted octanol–water partition coefficient (Wildman–Crippen LogP) is 2.58. The SMILES string of the molecule is CC(C)(CCl)C(Cl)=Cn1cncn1. The van der Waals surface area contributed by atoms with Gasteiger partial charge in [-0.1, -0.05) is 25.4 Å². The fraction of sp³-hybridized carbons (Fsp3) is 0.500. The van der Waals surface area contributed by atoms with E-state index in [1.165, 1.54) is 6.33 Å². The van der Waals surface area contributed by atoms with Crippen LogP contribution in [0.1, 0.15) is 13.8 Å². The van der Waals surface area contributed by atoms with Crippen LogP contribution in [0, 0.1) is 5.41 Å². The van der Waals surface area contributed by atoms with Crippen LogP contribution >= 0.6 is 23.2 Å². The third-order valence-electron chi connectivity index (χ3n) is 1.66. The Morgan fingerprint density at radius 3 is 2.77 bits per heavy atom. The monoisotopic (exact) mass is 219 g/mol. The maximum absolute atomic E-state index is 6.05. The second kappa shape index (κ2) is 4.11. The highest BCUT2D eigenvalue weighted by molar-refractivity contribution is 6.32. The van der Waals surface area contributed by atoms with Gasteiger partial charge >= 0.3 is 0 Å². The summed E-state index contributed by atoms with van der Waals surface area (Å²) in [5, 5.41) is 4.57. The van der Waals surface area contributed by atoms with Crippen molar-refractivity contribution < 1.29 is 0 Å². The molecule has 0 radical (unpaired) electrons. The minimum absolute atomic E-state index is 0.227. The van der Waals surface area contributed by atoms with Gasteiger partial charge in [0.15, 0.2) is 0 Å². The lowest BCUT2D eigenvalue weighted by Crippen LogP contribution is -2.14. The minimum Gasteiger partial charge on any atom is -0.227 e. The molecule has 1 heterocycles. The third kappa shape index (κ3) is 2.71. The average Bonchev–Trinajstić information content (AvgIpc) is 2.57. The van der Waals surface area contributed by atoms with E-state index in [1.54, 1.807) is 17.2 Å². The molecule has 3 nitrogen and oxygen atoms in total. The summed E-state index contributed by atoms with van der Waals surface area (Å²) < 4.78 is 1.55. The van der Waals surface area contributed by atoms with E-state index in [0.717, 1.165) is 0 Å². The molecular weight excluding hydrogens is 209 g/mol. The summed E-state index contributed by atoms with van der Waals surface area (Å²) in [7, 11) is 0. The van der Waals surface area contributed by atoms with Crippen molar-refractivity contribution in [2.75, 3.05) is 5.88 Å². The predicted molar refractivity (Wildman–Crippen MR) is 54.6 cm³/mol. The molecule has 0 aliphatic carbocycles. The lowest BCUT2D eigenvalue weighted by atomic mass is 9.96. The summed E-state index contributed by atoms with van der Waals surface area (Å²) in [4.78, 5) is 3.80. The van der Waals surface area contributed by atoms with Crippen molar-refractivity contribution >= 4 is 29.4 Å². The van der Waals surface area contributed by atoms with Gasteiger partial charge < -0.3 is 0 Å². The maximum atomic E-state index is 6.05.